The van der Waals surface area contributed by atoms with Crippen LogP contribution in [0.1, 0.15) is 80.6 Å². The molecule has 0 atom stereocenters. The molecular weight excluding hydrogens is 340 g/mol. The molecule has 0 aliphatic carbocycles. The lowest BCUT2D eigenvalue weighted by atomic mass is 10.1. The van der Waals surface area contributed by atoms with Crippen molar-refractivity contribution < 1.29 is 19.4 Å². The zero-order valence-electron chi connectivity index (χ0n) is 18.9. The van der Waals surface area contributed by atoms with Gasteiger partial charge in [-0.1, -0.05) is 52.8 Å². The molecule has 0 bridgehead atoms. The van der Waals surface area contributed by atoms with Gasteiger partial charge >= 0.3 is 0 Å². The maximum absolute atomic E-state index is 11.2. The number of ether oxygens (including phenoxy) is 2. The molecule has 160 valence electrons. The number of aliphatic hydroxyl groups excluding tert-OH is 1. The highest BCUT2D eigenvalue weighted by atomic mass is 16.5. The smallest absolute Gasteiger partial charge is 0.166 e. The molecule has 0 fully saturated rings. The van der Waals surface area contributed by atoms with Gasteiger partial charge in [-0.15, -0.1) is 0 Å². The van der Waals surface area contributed by atoms with Crippen molar-refractivity contribution in [2.45, 2.75) is 80.6 Å². The summed E-state index contributed by atoms with van der Waals surface area (Å²) < 4.78 is 10.3. The normalized spacial score (nSPS) is 10.5. The Morgan fingerprint density at radius 2 is 1.22 bits per heavy atom. The van der Waals surface area contributed by atoms with Crippen molar-refractivity contribution in [1.82, 2.24) is 0 Å². The van der Waals surface area contributed by atoms with Crippen molar-refractivity contribution >= 4 is 5.78 Å². The van der Waals surface area contributed by atoms with E-state index in [2.05, 4.69) is 34.3 Å². The minimum absolute atomic E-state index is 0.00171. The van der Waals surface area contributed by atoms with Gasteiger partial charge in [-0.25, -0.2) is 0 Å². The number of Topliss-reactive ketones (excluding diaryl/α,β-unsaturated/α-hetero) is 1. The lowest BCUT2D eigenvalue weighted by Crippen LogP contribution is -2.01. The molecule has 0 saturated carbocycles. The Kier molecular flexibility index (Phi) is 27.7. The van der Waals surface area contributed by atoms with E-state index in [4.69, 9.17) is 9.47 Å². The molecule has 0 radical (unpaired) electrons. The van der Waals surface area contributed by atoms with Crippen LogP contribution in [0.3, 0.4) is 0 Å². The van der Waals surface area contributed by atoms with Gasteiger partial charge in [0, 0.05) is 32.8 Å². The third-order valence-corrected chi connectivity index (χ3v) is 2.92. The fourth-order valence-corrected chi connectivity index (χ4v) is 1.68. The summed E-state index contributed by atoms with van der Waals surface area (Å²) in [5.41, 5.74) is 1.24. The van der Waals surface area contributed by atoms with Crippen LogP contribution in [0.5, 0.6) is 0 Å². The molecule has 4 heteroatoms. The lowest BCUT2D eigenvalue weighted by molar-refractivity contribution is -0.115. The van der Waals surface area contributed by atoms with Gasteiger partial charge in [-0.05, 0) is 45.6 Å². The second kappa shape index (κ2) is 24.6. The zero-order chi connectivity index (χ0) is 21.5. The van der Waals surface area contributed by atoms with E-state index in [1.807, 2.05) is 13.8 Å². The zero-order valence-corrected chi connectivity index (χ0v) is 18.9. The van der Waals surface area contributed by atoms with Crippen LogP contribution >= 0.6 is 0 Å². The van der Waals surface area contributed by atoms with Crippen LogP contribution in [0.4, 0.5) is 0 Å². The van der Waals surface area contributed by atoms with Crippen molar-refractivity contribution in [3.63, 3.8) is 0 Å². The predicted octanol–water partition coefficient (Wildman–Crippen LogP) is 6.58. The second-order valence-corrected chi connectivity index (χ2v) is 6.23. The van der Waals surface area contributed by atoms with E-state index < -0.39 is 0 Å². The summed E-state index contributed by atoms with van der Waals surface area (Å²) >= 11 is 0. The maximum Gasteiger partial charge on any atom is 0.166 e. The summed E-state index contributed by atoms with van der Waals surface area (Å²) in [7, 11) is 0. The monoisotopic (exact) mass is 384 g/mol. The summed E-state index contributed by atoms with van der Waals surface area (Å²) in [6.45, 7) is 21.1. The van der Waals surface area contributed by atoms with Gasteiger partial charge in [-0.2, -0.15) is 0 Å². The molecule has 1 N–H and O–H groups in total. The Balaban J connectivity index is -0.000000350. The standard InChI is InChI=1S/C11H16O2.2C6H14O/c1-5-9(10(12)6-2)11(13)7-8(3)4;2*1-3-5-7-6-4-2/h5,7,13H,1,6H2,2-4H3;2*3-6H2,1-2H3/b11-9-;;. The van der Waals surface area contributed by atoms with E-state index in [1.165, 1.54) is 6.08 Å². The molecule has 0 spiro atoms. The van der Waals surface area contributed by atoms with E-state index in [0.717, 1.165) is 57.7 Å². The summed E-state index contributed by atoms with van der Waals surface area (Å²) in [6, 6.07) is 0. The Bertz CT molecular complexity index is 387. The van der Waals surface area contributed by atoms with Crippen molar-refractivity contribution in [3.8, 4) is 0 Å². The first-order valence-electron chi connectivity index (χ1n) is 10.2. The molecule has 0 aromatic carbocycles. The van der Waals surface area contributed by atoms with Gasteiger partial charge in [-0.3, -0.25) is 4.79 Å². The third-order valence-electron chi connectivity index (χ3n) is 2.92. The highest BCUT2D eigenvalue weighted by molar-refractivity contribution is 5.98. The van der Waals surface area contributed by atoms with Gasteiger partial charge in [0.1, 0.15) is 5.76 Å². The van der Waals surface area contributed by atoms with E-state index in [9.17, 15) is 9.90 Å². The summed E-state index contributed by atoms with van der Waals surface area (Å²) in [6.07, 6.45) is 7.88. The second-order valence-electron chi connectivity index (χ2n) is 6.23. The van der Waals surface area contributed by atoms with Gasteiger partial charge < -0.3 is 14.6 Å². The Morgan fingerprint density at radius 1 is 0.852 bits per heavy atom. The fraction of sp³-hybridized carbons (Fsp3) is 0.696. The third kappa shape index (κ3) is 24.6. The molecule has 0 aromatic heterocycles. The molecule has 4 nitrogen and oxygen atoms in total. The molecule has 0 saturated heterocycles. The van der Waals surface area contributed by atoms with E-state index in [1.54, 1.807) is 13.0 Å². The van der Waals surface area contributed by atoms with Crippen LogP contribution in [-0.2, 0) is 14.3 Å². The summed E-state index contributed by atoms with van der Waals surface area (Å²) in [5, 5.41) is 9.49. The summed E-state index contributed by atoms with van der Waals surface area (Å²) in [4.78, 5) is 11.2. The molecule has 0 aliphatic rings. The van der Waals surface area contributed by atoms with Gasteiger partial charge in [0.15, 0.2) is 5.78 Å². The number of rotatable bonds is 12. The first kappa shape index (κ1) is 30.3. The molecule has 0 heterocycles. The van der Waals surface area contributed by atoms with Gasteiger partial charge in [0.2, 0.25) is 0 Å². The van der Waals surface area contributed by atoms with E-state index >= 15 is 0 Å². The summed E-state index contributed by atoms with van der Waals surface area (Å²) in [5.74, 6) is -0.0909. The number of aliphatic hydroxyl groups is 1. The van der Waals surface area contributed by atoms with Gasteiger partial charge in [0.25, 0.3) is 0 Å². The number of hydrogen-bond acceptors (Lipinski definition) is 4. The first-order valence-corrected chi connectivity index (χ1v) is 10.2. The van der Waals surface area contributed by atoms with Crippen LogP contribution in [0.15, 0.2) is 35.6 Å². The largest absolute Gasteiger partial charge is 0.507 e. The number of ketones is 1. The Labute approximate surface area is 168 Å². The van der Waals surface area contributed by atoms with Gasteiger partial charge in [0.05, 0.1) is 5.57 Å². The van der Waals surface area contributed by atoms with Crippen LogP contribution < -0.4 is 0 Å². The molecule has 0 unspecified atom stereocenters. The number of carbonyl (C=O) groups excluding carboxylic acids is 1. The predicted molar refractivity (Wildman–Crippen MR) is 117 cm³/mol. The van der Waals surface area contributed by atoms with E-state index in [-0.39, 0.29) is 11.5 Å². The maximum atomic E-state index is 11.2. The van der Waals surface area contributed by atoms with Crippen molar-refractivity contribution in [1.29, 1.82) is 0 Å². The molecule has 0 aromatic rings. The van der Waals surface area contributed by atoms with Crippen LogP contribution in [0.2, 0.25) is 0 Å². The molecule has 0 rings (SSSR count). The fourth-order valence-electron chi connectivity index (χ4n) is 1.68. The van der Waals surface area contributed by atoms with Crippen LogP contribution in [0.25, 0.3) is 0 Å². The Morgan fingerprint density at radius 3 is 1.44 bits per heavy atom. The molecular formula is C23H44O4. The van der Waals surface area contributed by atoms with Crippen LogP contribution in [0, 0.1) is 0 Å². The number of carbonyl (C=O) groups is 1. The number of allylic oxidation sites excluding steroid dienone is 4. The average Bonchev–Trinajstić information content (AvgIpc) is 2.63. The molecule has 0 amide bonds. The first-order chi connectivity index (χ1) is 12.9. The Hall–Kier alpha value is -1.39. The SMILES string of the molecule is C=C/C(C(=O)CC)=C(/O)C=C(C)C.CCCOCCC.CCCOCCC. The van der Waals surface area contributed by atoms with Crippen molar-refractivity contribution in [2.24, 2.45) is 0 Å². The topological polar surface area (TPSA) is 55.8 Å². The minimum atomic E-state index is -0.0926. The highest BCUT2D eigenvalue weighted by Crippen LogP contribution is 2.09. The number of hydrogen-bond donors (Lipinski definition) is 1. The quantitative estimate of drug-likeness (QED) is 0.179. The van der Waals surface area contributed by atoms with Crippen molar-refractivity contribution in [2.75, 3.05) is 26.4 Å². The van der Waals surface area contributed by atoms with E-state index in [0.29, 0.717) is 12.0 Å². The van der Waals surface area contributed by atoms with Crippen LogP contribution in [-0.4, -0.2) is 37.3 Å². The molecule has 0 aliphatic heterocycles. The molecule has 27 heavy (non-hydrogen) atoms. The average molecular weight is 385 g/mol. The minimum Gasteiger partial charge on any atom is -0.507 e. The van der Waals surface area contributed by atoms with Crippen molar-refractivity contribution in [3.05, 3.63) is 35.6 Å². The highest BCUT2D eigenvalue weighted by Gasteiger charge is 2.07. The lowest BCUT2D eigenvalue weighted by Gasteiger charge is -2.00.